The van der Waals surface area contributed by atoms with Crippen LogP contribution in [0.2, 0.25) is 0 Å². The third kappa shape index (κ3) is 12.1. The van der Waals surface area contributed by atoms with Gasteiger partial charge in [0.2, 0.25) is 0 Å². The highest BCUT2D eigenvalue weighted by molar-refractivity contribution is 7.92. The first kappa shape index (κ1) is 48.7. The number of sulfone groups is 2. The number of methoxy groups -OCH3 is 2. The molecule has 0 saturated carbocycles. The van der Waals surface area contributed by atoms with Crippen LogP contribution < -0.4 is 14.8 Å². The molecule has 4 aromatic rings. The maximum Gasteiger partial charge on any atom is 0.397 e. The predicted molar refractivity (Wildman–Crippen MR) is 208 cm³/mol. The second kappa shape index (κ2) is 18.2. The Bertz CT molecular complexity index is 3140. The SMILES string of the molecule is CNc1ccc2c(OC)c(N=Nc3cc(S(=O)(=O)CCOS(=O)(=O)O)c(OC)cc3O)c(S(=O)(=O)O)cc2c1N=Nc1ccc(S(=O)(=O)CCOS(=O)(=O)O)cc1S(=O)(=O)O. The van der Waals surface area contributed by atoms with E-state index < -0.39 is 139 Å². The van der Waals surface area contributed by atoms with E-state index >= 15 is 0 Å². The first-order chi connectivity index (χ1) is 28.0. The topological polar surface area (TPSA) is 404 Å². The van der Waals surface area contributed by atoms with Gasteiger partial charge in [0.25, 0.3) is 20.2 Å². The van der Waals surface area contributed by atoms with Crippen molar-refractivity contribution in [1.29, 1.82) is 0 Å². The minimum Gasteiger partial charge on any atom is -0.505 e. The standard InChI is InChI=1S/C29H31N5O21S6/c1-30-20-7-5-17-18(27(20)33-31-19-6-4-16(12-24(19)58(40,41)42)56(36,37)10-8-54-60(46,47)48)13-26(59(43,44)45)28(29(17)53-3)34-32-21-14-25(23(52-2)15-22(21)35)57(38,39)11-9-55-61(49,50)51/h4-7,12-15,30,35H,8-11H2,1-3H3,(H,40,41,42)(H,43,44,45)(H,46,47,48)(H,49,50,51). The molecule has 0 radical (unpaired) electrons. The van der Waals surface area contributed by atoms with Crippen molar-refractivity contribution >= 4 is 99.9 Å². The van der Waals surface area contributed by atoms with Gasteiger partial charge in [0.15, 0.2) is 25.4 Å². The Morgan fingerprint density at radius 3 is 1.66 bits per heavy atom. The van der Waals surface area contributed by atoms with Crippen LogP contribution in [0.4, 0.5) is 28.4 Å². The van der Waals surface area contributed by atoms with Crippen LogP contribution in [-0.4, -0.2) is 120 Å². The lowest BCUT2D eigenvalue weighted by Gasteiger charge is -2.15. The monoisotopic (exact) mass is 977 g/mol. The van der Waals surface area contributed by atoms with Gasteiger partial charge in [-0.05, 0) is 42.5 Å². The molecular formula is C29H31N5O21S6. The zero-order valence-electron chi connectivity index (χ0n) is 31.0. The smallest absolute Gasteiger partial charge is 0.397 e. The summed E-state index contributed by atoms with van der Waals surface area (Å²) in [5.41, 5.74) is -2.26. The number of phenols is 1. The summed E-state index contributed by atoms with van der Waals surface area (Å²) in [5.74, 6) is -3.78. The molecule has 0 fully saturated rings. The number of rotatable bonds is 19. The number of azo groups is 2. The summed E-state index contributed by atoms with van der Waals surface area (Å²) in [7, 11) is -26.2. The number of ether oxygens (including phenoxy) is 2. The van der Waals surface area contributed by atoms with E-state index in [1.807, 2.05) is 0 Å². The number of nitrogens with zero attached hydrogens (tertiary/aromatic N) is 4. The van der Waals surface area contributed by atoms with Crippen molar-refractivity contribution in [3.63, 3.8) is 0 Å². The Hall–Kier alpha value is -5.00. The summed E-state index contributed by atoms with van der Waals surface area (Å²) in [6.07, 6.45) is 0. The van der Waals surface area contributed by atoms with E-state index in [9.17, 15) is 64.7 Å². The number of benzene rings is 4. The average Bonchev–Trinajstić information content (AvgIpc) is 3.13. The molecule has 26 nitrogen and oxygen atoms in total. The Kier molecular flexibility index (Phi) is 14.5. The van der Waals surface area contributed by atoms with Gasteiger partial charge in [-0.2, -0.15) is 33.7 Å². The second-order valence-electron chi connectivity index (χ2n) is 11.7. The number of anilines is 1. The van der Waals surface area contributed by atoms with Gasteiger partial charge >= 0.3 is 20.8 Å². The summed E-state index contributed by atoms with van der Waals surface area (Å²) in [4.78, 5) is -3.58. The molecule has 61 heavy (non-hydrogen) atoms. The van der Waals surface area contributed by atoms with Gasteiger partial charge in [0, 0.05) is 23.9 Å². The fraction of sp³-hybridized carbons (Fsp3) is 0.241. The van der Waals surface area contributed by atoms with Crippen LogP contribution in [-0.2, 0) is 69.1 Å². The summed E-state index contributed by atoms with van der Waals surface area (Å²) >= 11 is 0. The van der Waals surface area contributed by atoms with E-state index in [1.54, 1.807) is 0 Å². The second-order valence-corrected chi connectivity index (χ2v) is 20.8. The lowest BCUT2D eigenvalue weighted by atomic mass is 10.0. The zero-order valence-corrected chi connectivity index (χ0v) is 35.9. The van der Waals surface area contributed by atoms with Crippen molar-refractivity contribution in [2.24, 2.45) is 20.5 Å². The maximum atomic E-state index is 13.0. The molecule has 0 aliphatic rings. The molecule has 0 atom stereocenters. The number of hydrogen-bond acceptors (Lipinski definition) is 22. The third-order valence-corrected chi connectivity index (χ3v) is 13.8. The van der Waals surface area contributed by atoms with Crippen LogP contribution in [0.25, 0.3) is 10.8 Å². The van der Waals surface area contributed by atoms with Gasteiger partial charge in [0.05, 0.1) is 49.5 Å². The molecule has 0 amide bonds. The third-order valence-electron chi connectivity index (χ3n) is 7.79. The predicted octanol–water partition coefficient (Wildman–Crippen LogP) is 3.11. The Morgan fingerprint density at radius 2 is 1.13 bits per heavy atom. The van der Waals surface area contributed by atoms with Crippen molar-refractivity contribution < 1.29 is 91.7 Å². The molecule has 0 aliphatic carbocycles. The van der Waals surface area contributed by atoms with Crippen LogP contribution in [0.15, 0.2) is 88.6 Å². The molecule has 0 spiro atoms. The lowest BCUT2D eigenvalue weighted by Crippen LogP contribution is -2.16. The van der Waals surface area contributed by atoms with Gasteiger partial charge in [-0.15, -0.1) is 20.5 Å². The minimum absolute atomic E-state index is 0.0404. The number of fused-ring (bicyclic) bond motifs is 1. The largest absolute Gasteiger partial charge is 0.505 e. The summed E-state index contributed by atoms with van der Waals surface area (Å²) in [6.45, 7) is -2.10. The molecule has 334 valence electrons. The van der Waals surface area contributed by atoms with Crippen molar-refractivity contribution in [3.05, 3.63) is 48.5 Å². The molecule has 0 aromatic heterocycles. The lowest BCUT2D eigenvalue weighted by molar-refractivity contribution is 0.282. The molecule has 32 heteroatoms. The number of nitrogens with one attached hydrogen (secondary N) is 1. The Balaban J connectivity index is 1.90. The van der Waals surface area contributed by atoms with Crippen LogP contribution in [0.5, 0.6) is 17.2 Å². The highest BCUT2D eigenvalue weighted by atomic mass is 32.3. The fourth-order valence-corrected chi connectivity index (χ4v) is 9.67. The highest BCUT2D eigenvalue weighted by Crippen LogP contribution is 2.48. The van der Waals surface area contributed by atoms with E-state index in [2.05, 4.69) is 34.1 Å². The van der Waals surface area contributed by atoms with E-state index in [4.69, 9.17) is 18.6 Å². The van der Waals surface area contributed by atoms with Crippen LogP contribution in [0, 0.1) is 0 Å². The number of hydrogen-bond donors (Lipinski definition) is 6. The van der Waals surface area contributed by atoms with E-state index in [-0.39, 0.29) is 22.1 Å². The van der Waals surface area contributed by atoms with Gasteiger partial charge in [0.1, 0.15) is 48.9 Å². The van der Waals surface area contributed by atoms with Gasteiger partial charge in [-0.3, -0.25) is 18.2 Å². The van der Waals surface area contributed by atoms with E-state index in [0.29, 0.717) is 6.07 Å². The molecule has 0 unspecified atom stereocenters. The number of aromatic hydroxyl groups is 1. The normalized spacial score (nSPS) is 13.3. The molecule has 0 heterocycles. The number of phenolic OH excluding ortho intramolecular Hbond substituents is 1. The molecule has 6 N–H and O–H groups in total. The maximum absolute atomic E-state index is 13.0. The van der Waals surface area contributed by atoms with E-state index in [1.165, 1.54) is 19.2 Å². The minimum atomic E-state index is -5.31. The summed E-state index contributed by atoms with van der Waals surface area (Å²) in [5, 5.41) is 28.5. The van der Waals surface area contributed by atoms with Gasteiger partial charge in [-0.1, -0.05) is 0 Å². The first-order valence-corrected chi connectivity index (χ1v) is 24.8. The average molecular weight is 978 g/mol. The fourth-order valence-electron chi connectivity index (χ4n) is 5.13. The molecule has 0 saturated heterocycles. The van der Waals surface area contributed by atoms with Crippen LogP contribution >= 0.6 is 0 Å². The molecule has 4 rings (SSSR count). The van der Waals surface area contributed by atoms with Crippen LogP contribution in [0.1, 0.15) is 0 Å². The first-order valence-electron chi connectivity index (χ1n) is 15.9. The van der Waals surface area contributed by atoms with Crippen LogP contribution in [0.3, 0.4) is 0 Å². The molecule has 4 aromatic carbocycles. The van der Waals surface area contributed by atoms with E-state index in [0.717, 1.165) is 44.6 Å². The Labute approximate surface area is 347 Å². The molecule has 0 bridgehead atoms. The zero-order chi connectivity index (χ0) is 45.9. The van der Waals surface area contributed by atoms with Crippen molar-refractivity contribution in [2.45, 2.75) is 19.6 Å². The molecular weight excluding hydrogens is 947 g/mol. The molecule has 0 aliphatic heterocycles. The van der Waals surface area contributed by atoms with Crippen molar-refractivity contribution in [3.8, 4) is 17.2 Å². The van der Waals surface area contributed by atoms with Crippen molar-refractivity contribution in [1.82, 2.24) is 0 Å². The Morgan fingerprint density at radius 1 is 0.574 bits per heavy atom. The van der Waals surface area contributed by atoms with Gasteiger partial charge < -0.3 is 19.9 Å². The quantitative estimate of drug-likeness (QED) is 0.0580. The van der Waals surface area contributed by atoms with Gasteiger partial charge in [-0.25, -0.2) is 25.2 Å². The summed E-state index contributed by atoms with van der Waals surface area (Å²) in [6, 6.07) is 7.10. The summed E-state index contributed by atoms with van der Waals surface area (Å²) < 4.78 is 202. The highest BCUT2D eigenvalue weighted by Gasteiger charge is 2.28. The van der Waals surface area contributed by atoms with Crippen molar-refractivity contribution in [2.75, 3.05) is 51.3 Å².